The molecule has 3 heteroatoms. The van der Waals surface area contributed by atoms with Crippen molar-refractivity contribution in [1.82, 2.24) is 0 Å². The van der Waals surface area contributed by atoms with Gasteiger partial charge in [-0.25, -0.2) is 0 Å². The Bertz CT molecular complexity index is 361. The van der Waals surface area contributed by atoms with E-state index >= 15 is 0 Å². The van der Waals surface area contributed by atoms with Crippen molar-refractivity contribution in [2.24, 2.45) is 0 Å². The lowest BCUT2D eigenvalue weighted by Gasteiger charge is -2.06. The van der Waals surface area contributed by atoms with Gasteiger partial charge in [0.2, 0.25) is 0 Å². The molecule has 0 N–H and O–H groups in total. The molecule has 0 unspecified atom stereocenters. The van der Waals surface area contributed by atoms with Crippen LogP contribution in [0.25, 0.3) is 0 Å². The number of esters is 1. The molecule has 0 amide bonds. The summed E-state index contributed by atoms with van der Waals surface area (Å²) in [7, 11) is 0. The molecule has 0 aliphatic carbocycles. The fourth-order valence-electron chi connectivity index (χ4n) is 1.50. The smallest absolute Gasteiger partial charge is 0.306 e. The Labute approximate surface area is 102 Å². The van der Waals surface area contributed by atoms with Crippen LogP contribution in [0, 0.1) is 6.92 Å². The molecule has 0 heterocycles. The minimum absolute atomic E-state index is 0.143. The third-order valence-corrected chi connectivity index (χ3v) is 2.77. The number of alkyl halides is 1. The number of hydrogen-bond acceptors (Lipinski definition) is 2. The average molecular weight is 241 g/mol. The van der Waals surface area contributed by atoms with Crippen molar-refractivity contribution in [3.8, 4) is 0 Å². The summed E-state index contributed by atoms with van der Waals surface area (Å²) in [5.41, 5.74) is 3.45. The Morgan fingerprint density at radius 3 is 2.81 bits per heavy atom. The van der Waals surface area contributed by atoms with Crippen molar-refractivity contribution in [2.75, 3.05) is 6.61 Å². The normalized spacial score (nSPS) is 10.2. The Hall–Kier alpha value is -1.02. The number of carbonyl (C=O) groups is 1. The van der Waals surface area contributed by atoms with E-state index in [1.54, 1.807) is 0 Å². The highest BCUT2D eigenvalue weighted by Gasteiger charge is 2.04. The molecule has 1 aromatic carbocycles. The van der Waals surface area contributed by atoms with Gasteiger partial charge in [0.05, 0.1) is 6.61 Å². The fourth-order valence-corrected chi connectivity index (χ4v) is 1.79. The first kappa shape index (κ1) is 13.0. The van der Waals surface area contributed by atoms with Gasteiger partial charge in [-0.3, -0.25) is 4.79 Å². The summed E-state index contributed by atoms with van der Waals surface area (Å²) < 4.78 is 4.88. The van der Waals surface area contributed by atoms with Gasteiger partial charge in [0.25, 0.3) is 0 Å². The number of rotatable bonds is 5. The molecular weight excluding hydrogens is 224 g/mol. The molecule has 0 atom stereocenters. The minimum Gasteiger partial charge on any atom is -0.466 e. The molecule has 0 spiro atoms. The maximum Gasteiger partial charge on any atom is 0.306 e. The summed E-state index contributed by atoms with van der Waals surface area (Å²) in [5.74, 6) is 0.370. The lowest BCUT2D eigenvalue weighted by atomic mass is 10.0. The lowest BCUT2D eigenvalue weighted by molar-refractivity contribution is -0.143. The van der Waals surface area contributed by atoms with Gasteiger partial charge in [-0.15, -0.1) is 11.6 Å². The largest absolute Gasteiger partial charge is 0.466 e. The fraction of sp³-hybridized carbons (Fsp3) is 0.462. The molecule has 0 aliphatic heterocycles. The summed E-state index contributed by atoms with van der Waals surface area (Å²) in [5, 5.41) is 0. The molecule has 0 aromatic heterocycles. The predicted molar refractivity (Wildman–Crippen MR) is 65.7 cm³/mol. The van der Waals surface area contributed by atoms with E-state index in [1.165, 1.54) is 5.56 Å². The van der Waals surface area contributed by atoms with Crippen LogP contribution in [0.1, 0.15) is 30.0 Å². The van der Waals surface area contributed by atoms with Crippen LogP contribution in [0.4, 0.5) is 0 Å². The van der Waals surface area contributed by atoms with Crippen molar-refractivity contribution >= 4 is 17.6 Å². The van der Waals surface area contributed by atoms with Gasteiger partial charge in [-0.2, -0.15) is 0 Å². The monoisotopic (exact) mass is 240 g/mol. The quantitative estimate of drug-likeness (QED) is 0.584. The summed E-state index contributed by atoms with van der Waals surface area (Å²) >= 11 is 5.82. The third-order valence-electron chi connectivity index (χ3n) is 2.48. The van der Waals surface area contributed by atoms with Crippen molar-refractivity contribution in [3.05, 3.63) is 34.9 Å². The van der Waals surface area contributed by atoms with Crippen molar-refractivity contribution in [3.63, 3.8) is 0 Å². The standard InChI is InChI=1S/C13H17ClO2/c1-3-16-13(15)7-6-11-5-4-10(2)12(8-11)9-14/h4-5,8H,3,6-7,9H2,1-2H3. The van der Waals surface area contributed by atoms with E-state index in [1.807, 2.05) is 26.0 Å². The molecule has 0 fully saturated rings. The second kappa shape index (κ2) is 6.54. The van der Waals surface area contributed by atoms with E-state index in [-0.39, 0.29) is 5.97 Å². The van der Waals surface area contributed by atoms with E-state index in [0.29, 0.717) is 25.3 Å². The van der Waals surface area contributed by atoms with Crippen molar-refractivity contribution in [2.45, 2.75) is 32.6 Å². The van der Waals surface area contributed by atoms with Crippen LogP contribution in [0.15, 0.2) is 18.2 Å². The van der Waals surface area contributed by atoms with Crippen molar-refractivity contribution in [1.29, 1.82) is 0 Å². The van der Waals surface area contributed by atoms with Gasteiger partial charge >= 0.3 is 5.97 Å². The predicted octanol–water partition coefficient (Wildman–Crippen LogP) is 3.23. The van der Waals surface area contributed by atoms with Crippen LogP contribution >= 0.6 is 11.6 Å². The first-order valence-electron chi connectivity index (χ1n) is 5.47. The maximum atomic E-state index is 11.2. The highest BCUT2D eigenvalue weighted by Crippen LogP contribution is 2.14. The number of aryl methyl sites for hydroxylation is 2. The summed E-state index contributed by atoms with van der Waals surface area (Å²) in [6.45, 7) is 4.29. The SMILES string of the molecule is CCOC(=O)CCc1ccc(C)c(CCl)c1. The summed E-state index contributed by atoms with van der Waals surface area (Å²) in [4.78, 5) is 11.2. The van der Waals surface area contributed by atoms with Crippen LogP contribution < -0.4 is 0 Å². The molecule has 16 heavy (non-hydrogen) atoms. The van der Waals surface area contributed by atoms with E-state index in [9.17, 15) is 4.79 Å². The van der Waals surface area contributed by atoms with E-state index in [4.69, 9.17) is 16.3 Å². The zero-order chi connectivity index (χ0) is 12.0. The average Bonchev–Trinajstić information content (AvgIpc) is 2.28. The summed E-state index contributed by atoms with van der Waals surface area (Å²) in [6.07, 6.45) is 1.14. The number of benzene rings is 1. The second-order valence-corrected chi connectivity index (χ2v) is 3.97. The van der Waals surface area contributed by atoms with Crippen LogP contribution in [0.3, 0.4) is 0 Å². The van der Waals surface area contributed by atoms with Gasteiger partial charge in [0.1, 0.15) is 0 Å². The maximum absolute atomic E-state index is 11.2. The van der Waals surface area contributed by atoms with E-state index < -0.39 is 0 Å². The molecule has 0 saturated carbocycles. The number of hydrogen-bond donors (Lipinski definition) is 0. The minimum atomic E-state index is -0.143. The summed E-state index contributed by atoms with van der Waals surface area (Å²) in [6, 6.07) is 6.13. The molecule has 88 valence electrons. The lowest BCUT2D eigenvalue weighted by Crippen LogP contribution is -2.05. The van der Waals surface area contributed by atoms with Crippen molar-refractivity contribution < 1.29 is 9.53 Å². The second-order valence-electron chi connectivity index (χ2n) is 3.70. The molecule has 1 aromatic rings. The van der Waals surface area contributed by atoms with Gasteiger partial charge in [-0.05, 0) is 37.0 Å². The van der Waals surface area contributed by atoms with E-state index in [0.717, 1.165) is 11.1 Å². The van der Waals surface area contributed by atoms with Crippen LogP contribution in [-0.4, -0.2) is 12.6 Å². The molecule has 0 radical (unpaired) electrons. The zero-order valence-corrected chi connectivity index (χ0v) is 10.5. The first-order chi connectivity index (χ1) is 7.67. The van der Waals surface area contributed by atoms with Gasteiger partial charge in [0.15, 0.2) is 0 Å². The number of carbonyl (C=O) groups excluding carboxylic acids is 1. The number of ether oxygens (including phenoxy) is 1. The zero-order valence-electron chi connectivity index (χ0n) is 9.75. The molecule has 0 aliphatic rings. The molecular formula is C13H17ClO2. The van der Waals surface area contributed by atoms with Gasteiger partial charge < -0.3 is 4.74 Å². The Morgan fingerprint density at radius 2 is 2.19 bits per heavy atom. The highest BCUT2D eigenvalue weighted by atomic mass is 35.5. The highest BCUT2D eigenvalue weighted by molar-refractivity contribution is 6.17. The van der Waals surface area contributed by atoms with Gasteiger partial charge in [0, 0.05) is 12.3 Å². The third kappa shape index (κ3) is 3.86. The van der Waals surface area contributed by atoms with Crippen LogP contribution in [-0.2, 0) is 21.8 Å². The number of halogens is 1. The Kier molecular flexibility index (Phi) is 5.33. The molecule has 0 saturated heterocycles. The van der Waals surface area contributed by atoms with Crippen LogP contribution in [0.5, 0.6) is 0 Å². The molecule has 1 rings (SSSR count). The topological polar surface area (TPSA) is 26.3 Å². The molecule has 0 bridgehead atoms. The Balaban J connectivity index is 2.57. The van der Waals surface area contributed by atoms with E-state index in [2.05, 4.69) is 6.07 Å². The van der Waals surface area contributed by atoms with Crippen LogP contribution in [0.2, 0.25) is 0 Å². The Morgan fingerprint density at radius 1 is 1.44 bits per heavy atom. The first-order valence-corrected chi connectivity index (χ1v) is 6.00. The van der Waals surface area contributed by atoms with Gasteiger partial charge in [-0.1, -0.05) is 18.2 Å². The molecule has 2 nitrogen and oxygen atoms in total.